The van der Waals surface area contributed by atoms with Crippen LogP contribution in [0.15, 0.2) is 54.6 Å². The number of hydrogen-bond acceptors (Lipinski definition) is 3. The first-order valence-corrected chi connectivity index (χ1v) is 7.49. The number of anilines is 2. The molecule has 5 nitrogen and oxygen atoms in total. The Balaban J connectivity index is 2.07. The van der Waals surface area contributed by atoms with Gasteiger partial charge in [0.1, 0.15) is 5.75 Å². The van der Waals surface area contributed by atoms with E-state index >= 15 is 0 Å². The Labute approximate surface area is 141 Å². The number of aryl methyl sites for hydroxylation is 2. The Morgan fingerprint density at radius 3 is 2.25 bits per heavy atom. The first-order valence-electron chi connectivity index (χ1n) is 7.49. The van der Waals surface area contributed by atoms with Gasteiger partial charge in [0.05, 0.1) is 0 Å². The van der Waals surface area contributed by atoms with Crippen LogP contribution < -0.4 is 15.4 Å². The number of carbonyl (C=O) groups excluding carboxylic acids is 2. The third kappa shape index (κ3) is 4.46. The highest BCUT2D eigenvalue weighted by molar-refractivity contribution is 6.02. The highest BCUT2D eigenvalue weighted by Gasteiger charge is 2.10. The lowest BCUT2D eigenvalue weighted by molar-refractivity contribution is -0.112. The van der Waals surface area contributed by atoms with E-state index in [1.165, 1.54) is 0 Å². The number of benzene rings is 2. The molecule has 0 radical (unpaired) electrons. The fourth-order valence-electron chi connectivity index (χ4n) is 2.12. The van der Waals surface area contributed by atoms with Gasteiger partial charge in [-0.05, 0) is 44.0 Å². The second kappa shape index (κ2) is 7.46. The van der Waals surface area contributed by atoms with Crippen molar-refractivity contribution in [3.8, 4) is 5.75 Å². The standard InChI is InChI=1S/C19H20N2O3/c1-12(2)18(22)20-15-9-6-10-16(11-15)24-19(23)21-17-13(3)7-5-8-14(17)4/h5-11H,1H2,2-4H3,(H,20,22)(H,21,23). The van der Waals surface area contributed by atoms with E-state index in [-0.39, 0.29) is 5.91 Å². The number of nitrogens with one attached hydrogen (secondary N) is 2. The molecule has 0 saturated carbocycles. The van der Waals surface area contributed by atoms with Crippen LogP contribution in [0.5, 0.6) is 5.75 Å². The third-order valence-corrected chi connectivity index (χ3v) is 3.40. The van der Waals surface area contributed by atoms with Crippen LogP contribution in [0.1, 0.15) is 18.1 Å². The van der Waals surface area contributed by atoms with Crippen LogP contribution in [0.4, 0.5) is 16.2 Å². The summed E-state index contributed by atoms with van der Waals surface area (Å²) in [5.74, 6) is 0.0467. The summed E-state index contributed by atoms with van der Waals surface area (Å²) in [6.45, 7) is 9.02. The van der Waals surface area contributed by atoms with Crippen molar-refractivity contribution >= 4 is 23.4 Å². The summed E-state index contributed by atoms with van der Waals surface area (Å²) >= 11 is 0. The van der Waals surface area contributed by atoms with Crippen molar-refractivity contribution in [2.75, 3.05) is 10.6 Å². The molecular weight excluding hydrogens is 304 g/mol. The molecule has 0 aliphatic rings. The van der Waals surface area contributed by atoms with Crippen LogP contribution in [0.3, 0.4) is 0 Å². The molecule has 2 rings (SSSR count). The molecule has 2 aromatic rings. The van der Waals surface area contributed by atoms with Crippen molar-refractivity contribution in [1.29, 1.82) is 0 Å². The summed E-state index contributed by atoms with van der Waals surface area (Å²) in [4.78, 5) is 23.7. The number of amides is 2. The number of para-hydroxylation sites is 1. The van der Waals surface area contributed by atoms with Gasteiger partial charge in [-0.15, -0.1) is 0 Å². The van der Waals surface area contributed by atoms with E-state index in [0.29, 0.717) is 17.0 Å². The second-order valence-corrected chi connectivity index (χ2v) is 5.54. The van der Waals surface area contributed by atoms with E-state index in [2.05, 4.69) is 17.2 Å². The molecule has 5 heteroatoms. The first-order chi connectivity index (χ1) is 11.4. The molecule has 0 aromatic heterocycles. The van der Waals surface area contributed by atoms with Crippen molar-refractivity contribution in [3.05, 3.63) is 65.7 Å². The van der Waals surface area contributed by atoms with Crippen molar-refractivity contribution in [2.24, 2.45) is 0 Å². The summed E-state index contributed by atoms with van der Waals surface area (Å²) in [6, 6.07) is 12.4. The molecule has 0 aliphatic carbocycles. The van der Waals surface area contributed by atoms with Gasteiger partial charge in [0.15, 0.2) is 0 Å². The van der Waals surface area contributed by atoms with Gasteiger partial charge in [0, 0.05) is 23.0 Å². The summed E-state index contributed by atoms with van der Waals surface area (Å²) in [5, 5.41) is 5.42. The molecule has 2 amide bonds. The lowest BCUT2D eigenvalue weighted by Gasteiger charge is -2.12. The van der Waals surface area contributed by atoms with Crippen LogP contribution in [-0.4, -0.2) is 12.0 Å². The van der Waals surface area contributed by atoms with Crippen molar-refractivity contribution in [1.82, 2.24) is 0 Å². The van der Waals surface area contributed by atoms with Crippen molar-refractivity contribution in [3.63, 3.8) is 0 Å². The largest absolute Gasteiger partial charge is 0.417 e. The molecule has 0 unspecified atom stereocenters. The molecular formula is C19H20N2O3. The smallest absolute Gasteiger partial charge is 0.410 e. The summed E-state index contributed by atoms with van der Waals surface area (Å²) < 4.78 is 5.29. The van der Waals surface area contributed by atoms with E-state index < -0.39 is 6.09 Å². The van der Waals surface area contributed by atoms with Gasteiger partial charge in [-0.1, -0.05) is 30.8 Å². The Morgan fingerprint density at radius 2 is 1.62 bits per heavy atom. The maximum Gasteiger partial charge on any atom is 0.417 e. The minimum absolute atomic E-state index is 0.285. The molecule has 0 atom stereocenters. The third-order valence-electron chi connectivity index (χ3n) is 3.40. The van der Waals surface area contributed by atoms with Gasteiger partial charge in [0.2, 0.25) is 0 Å². The SMILES string of the molecule is C=C(C)C(=O)Nc1cccc(OC(=O)Nc2c(C)cccc2C)c1. The van der Waals surface area contributed by atoms with Crippen LogP contribution in [0, 0.1) is 13.8 Å². The number of carbonyl (C=O) groups is 2. The Bertz CT molecular complexity index is 777. The number of ether oxygens (including phenoxy) is 1. The molecule has 0 bridgehead atoms. The predicted octanol–water partition coefficient (Wildman–Crippen LogP) is 4.43. The molecule has 2 N–H and O–H groups in total. The normalized spacial score (nSPS) is 9.96. The van der Waals surface area contributed by atoms with Gasteiger partial charge >= 0.3 is 6.09 Å². The number of hydrogen-bond donors (Lipinski definition) is 2. The van der Waals surface area contributed by atoms with E-state index in [1.807, 2.05) is 32.0 Å². The summed E-state index contributed by atoms with van der Waals surface area (Å²) in [7, 11) is 0. The lowest BCUT2D eigenvalue weighted by Crippen LogP contribution is -2.18. The molecule has 0 spiro atoms. The molecule has 0 heterocycles. The van der Waals surface area contributed by atoms with E-state index in [4.69, 9.17) is 4.74 Å². The molecule has 0 aliphatic heterocycles. The molecule has 124 valence electrons. The number of rotatable bonds is 4. The molecule has 0 fully saturated rings. The van der Waals surface area contributed by atoms with E-state index in [0.717, 1.165) is 16.8 Å². The highest BCUT2D eigenvalue weighted by atomic mass is 16.6. The minimum Gasteiger partial charge on any atom is -0.410 e. The Hall–Kier alpha value is -3.08. The highest BCUT2D eigenvalue weighted by Crippen LogP contribution is 2.21. The molecule has 24 heavy (non-hydrogen) atoms. The van der Waals surface area contributed by atoms with E-state index in [9.17, 15) is 9.59 Å². The topological polar surface area (TPSA) is 67.4 Å². The molecule has 2 aromatic carbocycles. The van der Waals surface area contributed by atoms with Crippen LogP contribution >= 0.6 is 0 Å². The van der Waals surface area contributed by atoms with Crippen LogP contribution in [0.2, 0.25) is 0 Å². The zero-order valence-corrected chi connectivity index (χ0v) is 14.0. The predicted molar refractivity (Wildman–Crippen MR) is 95.4 cm³/mol. The monoisotopic (exact) mass is 324 g/mol. The summed E-state index contributed by atoms with van der Waals surface area (Å²) in [6.07, 6.45) is -0.587. The zero-order valence-electron chi connectivity index (χ0n) is 14.0. The average molecular weight is 324 g/mol. The van der Waals surface area contributed by atoms with Crippen LogP contribution in [-0.2, 0) is 4.79 Å². The lowest BCUT2D eigenvalue weighted by atomic mass is 10.1. The minimum atomic E-state index is -0.587. The molecule has 0 saturated heterocycles. The van der Waals surface area contributed by atoms with Gasteiger partial charge in [0.25, 0.3) is 5.91 Å². The second-order valence-electron chi connectivity index (χ2n) is 5.54. The van der Waals surface area contributed by atoms with Crippen LogP contribution in [0.25, 0.3) is 0 Å². The quantitative estimate of drug-likeness (QED) is 0.818. The first kappa shape index (κ1) is 17.3. The van der Waals surface area contributed by atoms with Gasteiger partial charge in [-0.25, -0.2) is 4.79 Å². The maximum absolute atomic E-state index is 12.1. The Morgan fingerprint density at radius 1 is 1.00 bits per heavy atom. The van der Waals surface area contributed by atoms with Crippen molar-refractivity contribution in [2.45, 2.75) is 20.8 Å². The Kier molecular flexibility index (Phi) is 5.37. The maximum atomic E-state index is 12.1. The average Bonchev–Trinajstić information content (AvgIpc) is 2.51. The van der Waals surface area contributed by atoms with Crippen molar-refractivity contribution < 1.29 is 14.3 Å². The fraction of sp³-hybridized carbons (Fsp3) is 0.158. The summed E-state index contributed by atoms with van der Waals surface area (Å²) in [5.41, 5.74) is 3.56. The fourth-order valence-corrected chi connectivity index (χ4v) is 2.12. The van der Waals surface area contributed by atoms with E-state index in [1.54, 1.807) is 31.2 Å². The van der Waals surface area contributed by atoms with Gasteiger partial charge < -0.3 is 10.1 Å². The zero-order chi connectivity index (χ0) is 17.7. The van der Waals surface area contributed by atoms with Gasteiger partial charge in [-0.2, -0.15) is 0 Å². The van der Waals surface area contributed by atoms with Gasteiger partial charge in [-0.3, -0.25) is 10.1 Å².